The molecule has 2 saturated carbocycles. The summed E-state index contributed by atoms with van der Waals surface area (Å²) in [6, 6.07) is -0.253. The van der Waals surface area contributed by atoms with Crippen molar-refractivity contribution in [1.82, 2.24) is 15.2 Å². The smallest absolute Gasteiger partial charge is 0.242 e. The molecule has 0 spiro atoms. The first-order chi connectivity index (χ1) is 12.7. The highest BCUT2D eigenvalue weighted by Crippen LogP contribution is 2.34. The Morgan fingerprint density at radius 2 is 1.92 bits per heavy atom. The number of thiazole rings is 1. The van der Waals surface area contributed by atoms with E-state index in [1.54, 1.807) is 11.3 Å². The van der Waals surface area contributed by atoms with Crippen molar-refractivity contribution in [3.8, 4) is 0 Å². The van der Waals surface area contributed by atoms with E-state index in [9.17, 15) is 9.59 Å². The Morgan fingerprint density at radius 1 is 1.12 bits per heavy atom. The molecule has 3 fully saturated rings. The number of carbonyl (C=O) groups is 2. The molecular formula is C20H29N3O2S. The number of amides is 2. The van der Waals surface area contributed by atoms with Gasteiger partial charge in [-0.3, -0.25) is 9.59 Å². The first-order valence-electron chi connectivity index (χ1n) is 10.2. The van der Waals surface area contributed by atoms with Gasteiger partial charge in [0.15, 0.2) is 0 Å². The van der Waals surface area contributed by atoms with Gasteiger partial charge >= 0.3 is 0 Å². The predicted molar refractivity (Wildman–Crippen MR) is 102 cm³/mol. The lowest BCUT2D eigenvalue weighted by molar-refractivity contribution is -0.139. The van der Waals surface area contributed by atoms with Crippen LogP contribution in [0.2, 0.25) is 0 Å². The molecule has 0 bridgehead atoms. The van der Waals surface area contributed by atoms with Crippen LogP contribution in [0.4, 0.5) is 0 Å². The highest BCUT2D eigenvalue weighted by Gasteiger charge is 2.40. The van der Waals surface area contributed by atoms with E-state index in [1.165, 1.54) is 37.8 Å². The number of carbonyl (C=O) groups excluding carboxylic acids is 2. The molecule has 3 aliphatic rings. The van der Waals surface area contributed by atoms with Crippen molar-refractivity contribution in [1.29, 1.82) is 0 Å². The van der Waals surface area contributed by atoms with Crippen molar-refractivity contribution in [2.75, 3.05) is 13.1 Å². The second kappa shape index (κ2) is 8.07. The minimum Gasteiger partial charge on any atom is -0.354 e. The summed E-state index contributed by atoms with van der Waals surface area (Å²) >= 11 is 1.72. The zero-order valence-corrected chi connectivity index (χ0v) is 16.2. The second-order valence-electron chi connectivity index (χ2n) is 8.01. The molecule has 1 saturated heterocycles. The van der Waals surface area contributed by atoms with Gasteiger partial charge in [0.05, 0.1) is 10.7 Å². The van der Waals surface area contributed by atoms with Crippen molar-refractivity contribution in [3.05, 3.63) is 16.1 Å². The zero-order valence-electron chi connectivity index (χ0n) is 15.4. The lowest BCUT2D eigenvalue weighted by Crippen LogP contribution is -2.46. The fourth-order valence-electron chi connectivity index (χ4n) is 4.30. The Morgan fingerprint density at radius 3 is 2.69 bits per heavy atom. The largest absolute Gasteiger partial charge is 0.354 e. The molecule has 6 heteroatoms. The van der Waals surface area contributed by atoms with Gasteiger partial charge in [0, 0.05) is 36.7 Å². The molecule has 2 heterocycles. The summed E-state index contributed by atoms with van der Waals surface area (Å²) in [4.78, 5) is 31.5. The van der Waals surface area contributed by atoms with E-state index in [2.05, 4.69) is 10.7 Å². The van der Waals surface area contributed by atoms with Gasteiger partial charge < -0.3 is 10.2 Å². The Kier molecular flexibility index (Phi) is 5.57. The summed E-state index contributed by atoms with van der Waals surface area (Å²) in [5.74, 6) is 1.04. The number of likely N-dealkylation sites (tertiary alicyclic amines) is 1. The van der Waals surface area contributed by atoms with Crippen LogP contribution in [0.5, 0.6) is 0 Å². The Balaban J connectivity index is 1.24. The molecule has 1 aliphatic heterocycles. The minimum absolute atomic E-state index is 0.0144. The van der Waals surface area contributed by atoms with Crippen molar-refractivity contribution < 1.29 is 9.59 Å². The second-order valence-corrected chi connectivity index (χ2v) is 8.95. The molecule has 0 aromatic carbocycles. The minimum atomic E-state index is -0.253. The van der Waals surface area contributed by atoms with E-state index in [0.29, 0.717) is 12.5 Å². The van der Waals surface area contributed by atoms with Crippen LogP contribution in [0.1, 0.15) is 74.4 Å². The van der Waals surface area contributed by atoms with Crippen LogP contribution >= 0.6 is 11.3 Å². The van der Waals surface area contributed by atoms with Crippen LogP contribution in [-0.4, -0.2) is 40.8 Å². The third-order valence-corrected chi connectivity index (χ3v) is 6.92. The van der Waals surface area contributed by atoms with Crippen LogP contribution in [0, 0.1) is 5.92 Å². The van der Waals surface area contributed by atoms with E-state index >= 15 is 0 Å². The lowest BCUT2D eigenvalue weighted by atomic mass is 9.87. The van der Waals surface area contributed by atoms with Gasteiger partial charge in [-0.15, -0.1) is 11.3 Å². The van der Waals surface area contributed by atoms with Crippen LogP contribution in [-0.2, 0) is 16.0 Å². The molecule has 1 unspecified atom stereocenters. The monoisotopic (exact) mass is 375 g/mol. The quantitative estimate of drug-likeness (QED) is 0.830. The first kappa shape index (κ1) is 18.0. The third kappa shape index (κ3) is 4.11. The number of nitrogens with zero attached hydrogens (tertiary/aromatic N) is 2. The Labute approximate surface area is 159 Å². The summed E-state index contributed by atoms with van der Waals surface area (Å²) < 4.78 is 0. The molecule has 2 amide bonds. The maximum Gasteiger partial charge on any atom is 0.242 e. The molecular weight excluding hydrogens is 346 g/mol. The summed E-state index contributed by atoms with van der Waals surface area (Å²) in [7, 11) is 0. The van der Waals surface area contributed by atoms with Crippen LogP contribution in [0.15, 0.2) is 5.38 Å². The van der Waals surface area contributed by atoms with E-state index in [4.69, 9.17) is 4.98 Å². The van der Waals surface area contributed by atoms with Gasteiger partial charge in [-0.05, 0) is 38.5 Å². The SMILES string of the molecule is O=C(NCCc1nc(C2CCCCC2)cs1)C1CCCN1C(=O)C1CC1. The maximum absolute atomic E-state index is 12.5. The summed E-state index contributed by atoms with van der Waals surface area (Å²) in [5, 5.41) is 6.36. The van der Waals surface area contributed by atoms with E-state index in [1.807, 2.05) is 4.90 Å². The van der Waals surface area contributed by atoms with E-state index < -0.39 is 0 Å². The fourth-order valence-corrected chi connectivity index (χ4v) is 5.18. The van der Waals surface area contributed by atoms with Crippen molar-refractivity contribution in [2.24, 2.45) is 5.92 Å². The molecule has 1 atom stereocenters. The molecule has 1 N–H and O–H groups in total. The maximum atomic E-state index is 12.5. The topological polar surface area (TPSA) is 62.3 Å². The van der Waals surface area contributed by atoms with Gasteiger partial charge in [-0.25, -0.2) is 4.98 Å². The highest BCUT2D eigenvalue weighted by atomic mass is 32.1. The lowest BCUT2D eigenvalue weighted by Gasteiger charge is -2.23. The van der Waals surface area contributed by atoms with Gasteiger partial charge in [0.1, 0.15) is 6.04 Å². The summed E-state index contributed by atoms with van der Waals surface area (Å²) in [6.07, 6.45) is 11.1. The summed E-state index contributed by atoms with van der Waals surface area (Å²) in [6.45, 7) is 1.35. The number of rotatable bonds is 6. The standard InChI is InChI=1S/C20H29N3O2S/c24-19(17-7-4-12-23(17)20(25)15-8-9-15)21-11-10-18-22-16(13-26-18)14-5-2-1-3-6-14/h13-15,17H,1-12H2,(H,21,24). The molecule has 1 aromatic rings. The molecule has 1 aromatic heterocycles. The predicted octanol–water partition coefficient (Wildman–Crippen LogP) is 3.25. The van der Waals surface area contributed by atoms with E-state index in [-0.39, 0.29) is 23.8 Å². The summed E-state index contributed by atoms with van der Waals surface area (Å²) in [5.41, 5.74) is 1.26. The normalized spacial score (nSPS) is 24.0. The number of hydrogen-bond donors (Lipinski definition) is 1. The average molecular weight is 376 g/mol. The average Bonchev–Trinajstić information content (AvgIpc) is 3.21. The zero-order chi connectivity index (χ0) is 17.9. The molecule has 4 rings (SSSR count). The number of aromatic nitrogens is 1. The fraction of sp³-hybridized carbons (Fsp3) is 0.750. The highest BCUT2D eigenvalue weighted by molar-refractivity contribution is 7.09. The molecule has 5 nitrogen and oxygen atoms in total. The van der Waals surface area contributed by atoms with Crippen LogP contribution in [0.3, 0.4) is 0 Å². The molecule has 26 heavy (non-hydrogen) atoms. The Hall–Kier alpha value is -1.43. The van der Waals surface area contributed by atoms with Gasteiger partial charge in [0.2, 0.25) is 11.8 Å². The van der Waals surface area contributed by atoms with Gasteiger partial charge in [-0.2, -0.15) is 0 Å². The Bertz CT molecular complexity index is 649. The van der Waals surface area contributed by atoms with Crippen molar-refractivity contribution in [2.45, 2.75) is 76.2 Å². The number of nitrogens with one attached hydrogen (secondary N) is 1. The molecule has 142 valence electrons. The third-order valence-electron chi connectivity index (χ3n) is 6.00. The van der Waals surface area contributed by atoms with Crippen molar-refractivity contribution in [3.63, 3.8) is 0 Å². The van der Waals surface area contributed by atoms with Gasteiger partial charge in [0.25, 0.3) is 0 Å². The first-order valence-corrected chi connectivity index (χ1v) is 11.1. The van der Waals surface area contributed by atoms with Gasteiger partial charge in [-0.1, -0.05) is 19.3 Å². The van der Waals surface area contributed by atoms with E-state index in [0.717, 1.165) is 43.7 Å². The number of hydrogen-bond acceptors (Lipinski definition) is 4. The molecule has 0 radical (unpaired) electrons. The van der Waals surface area contributed by atoms with Crippen LogP contribution in [0.25, 0.3) is 0 Å². The van der Waals surface area contributed by atoms with Crippen molar-refractivity contribution >= 4 is 23.2 Å². The molecule has 2 aliphatic carbocycles. The van der Waals surface area contributed by atoms with Crippen LogP contribution < -0.4 is 5.32 Å².